The van der Waals surface area contributed by atoms with E-state index < -0.39 is 11.4 Å². The van der Waals surface area contributed by atoms with Gasteiger partial charge in [0.15, 0.2) is 0 Å². The summed E-state index contributed by atoms with van der Waals surface area (Å²) in [5.41, 5.74) is -0.691. The predicted molar refractivity (Wildman–Crippen MR) is 75.4 cm³/mol. The fraction of sp³-hybridized carbons (Fsp3) is 0.714. The highest BCUT2D eigenvalue weighted by atomic mass is 19.1. The van der Waals surface area contributed by atoms with Gasteiger partial charge >= 0.3 is 0 Å². The highest BCUT2D eigenvalue weighted by molar-refractivity contribution is 5.29. The van der Waals surface area contributed by atoms with Crippen LogP contribution in [-0.2, 0) is 0 Å². The van der Waals surface area contributed by atoms with E-state index in [1.54, 1.807) is 0 Å². The summed E-state index contributed by atoms with van der Waals surface area (Å²) in [5, 5.41) is 0. The minimum absolute atomic E-state index is 0.483. The first-order valence-electron chi connectivity index (χ1n) is 7.44. The van der Waals surface area contributed by atoms with Crippen LogP contribution in [0.1, 0.15) is 25.7 Å². The molecule has 2 aliphatic rings. The minimum Gasteiger partial charge on any atom is -0.340 e. The van der Waals surface area contributed by atoms with Gasteiger partial charge < -0.3 is 4.90 Å². The van der Waals surface area contributed by atoms with Crippen molar-refractivity contribution in [2.75, 3.05) is 37.6 Å². The maximum atomic E-state index is 12.9. The van der Waals surface area contributed by atoms with Crippen molar-refractivity contribution in [3.05, 3.63) is 22.4 Å². The molecule has 1 aromatic rings. The van der Waals surface area contributed by atoms with Crippen LogP contribution in [0, 0.1) is 11.7 Å². The first-order valence-corrected chi connectivity index (χ1v) is 7.44. The standard InChI is InChI=1S/C14H21FN4O/c15-12-9-16-14(17-13(12)20)19-7-5-18(6-8-19)10-11-3-1-2-4-11/h9,11H,1-8,10H2,(H,16,17,20). The predicted octanol–water partition coefficient (Wildman–Crippen LogP) is 1.22. The Labute approximate surface area is 117 Å². The molecule has 2 heterocycles. The van der Waals surface area contributed by atoms with Gasteiger partial charge in [0.25, 0.3) is 5.56 Å². The van der Waals surface area contributed by atoms with Crippen molar-refractivity contribution in [1.82, 2.24) is 14.9 Å². The maximum Gasteiger partial charge on any atom is 0.288 e. The van der Waals surface area contributed by atoms with E-state index in [0.717, 1.165) is 38.3 Å². The Morgan fingerprint density at radius 1 is 1.25 bits per heavy atom. The number of nitrogens with zero attached hydrogens (tertiary/aromatic N) is 3. The molecule has 0 spiro atoms. The van der Waals surface area contributed by atoms with E-state index in [1.807, 2.05) is 4.90 Å². The summed E-state index contributed by atoms with van der Waals surface area (Å²) >= 11 is 0. The second kappa shape index (κ2) is 5.91. The van der Waals surface area contributed by atoms with Crippen LogP contribution < -0.4 is 10.5 Å². The van der Waals surface area contributed by atoms with E-state index in [2.05, 4.69) is 14.9 Å². The fourth-order valence-electron chi connectivity index (χ4n) is 3.23. The average molecular weight is 280 g/mol. The molecule has 110 valence electrons. The summed E-state index contributed by atoms with van der Waals surface area (Å²) in [6.45, 7) is 4.83. The summed E-state index contributed by atoms with van der Waals surface area (Å²) in [5.74, 6) is 0.524. The van der Waals surface area contributed by atoms with Gasteiger partial charge in [0.2, 0.25) is 11.8 Å². The molecule has 0 atom stereocenters. The molecule has 1 aromatic heterocycles. The number of rotatable bonds is 3. The minimum atomic E-state index is -0.825. The van der Waals surface area contributed by atoms with E-state index in [9.17, 15) is 9.18 Å². The zero-order valence-electron chi connectivity index (χ0n) is 11.6. The van der Waals surface area contributed by atoms with Crippen LogP contribution in [0.4, 0.5) is 10.3 Å². The molecule has 1 aliphatic heterocycles. The second-order valence-corrected chi connectivity index (χ2v) is 5.82. The zero-order chi connectivity index (χ0) is 13.9. The Kier molecular flexibility index (Phi) is 4.00. The number of piperazine rings is 1. The van der Waals surface area contributed by atoms with Crippen molar-refractivity contribution in [3.8, 4) is 0 Å². The van der Waals surface area contributed by atoms with Crippen molar-refractivity contribution >= 4 is 5.95 Å². The third-order valence-electron chi connectivity index (χ3n) is 4.41. The van der Waals surface area contributed by atoms with Gasteiger partial charge in [-0.15, -0.1) is 0 Å². The Morgan fingerprint density at radius 2 is 1.95 bits per heavy atom. The second-order valence-electron chi connectivity index (χ2n) is 5.82. The SMILES string of the molecule is O=c1[nH]c(N2CCN(CC3CCCC3)CC2)ncc1F. The number of anilines is 1. The largest absolute Gasteiger partial charge is 0.340 e. The summed E-state index contributed by atoms with van der Waals surface area (Å²) in [6, 6.07) is 0. The molecule has 0 bridgehead atoms. The van der Waals surface area contributed by atoms with E-state index >= 15 is 0 Å². The Morgan fingerprint density at radius 3 is 2.60 bits per heavy atom. The number of hydrogen-bond donors (Lipinski definition) is 1. The molecule has 1 saturated heterocycles. The molecule has 6 heteroatoms. The quantitative estimate of drug-likeness (QED) is 0.904. The Hall–Kier alpha value is -1.43. The van der Waals surface area contributed by atoms with Crippen molar-refractivity contribution in [2.24, 2.45) is 5.92 Å². The van der Waals surface area contributed by atoms with Crippen LogP contribution in [0.5, 0.6) is 0 Å². The molecule has 1 saturated carbocycles. The lowest BCUT2D eigenvalue weighted by Gasteiger charge is -2.36. The van der Waals surface area contributed by atoms with Gasteiger partial charge in [0.1, 0.15) is 0 Å². The number of nitrogens with one attached hydrogen (secondary N) is 1. The average Bonchev–Trinajstić information content (AvgIpc) is 2.96. The van der Waals surface area contributed by atoms with Gasteiger partial charge in [0, 0.05) is 32.7 Å². The van der Waals surface area contributed by atoms with E-state index in [4.69, 9.17) is 0 Å². The molecule has 20 heavy (non-hydrogen) atoms. The smallest absolute Gasteiger partial charge is 0.288 e. The van der Waals surface area contributed by atoms with Crippen LogP contribution in [0.25, 0.3) is 0 Å². The van der Waals surface area contributed by atoms with E-state index in [0.29, 0.717) is 5.95 Å². The molecule has 1 aliphatic carbocycles. The molecule has 0 amide bonds. The molecule has 0 radical (unpaired) electrons. The lowest BCUT2D eigenvalue weighted by molar-refractivity contribution is 0.219. The van der Waals surface area contributed by atoms with Gasteiger partial charge in [-0.1, -0.05) is 12.8 Å². The van der Waals surface area contributed by atoms with Gasteiger partial charge in [0.05, 0.1) is 6.20 Å². The van der Waals surface area contributed by atoms with Gasteiger partial charge in [-0.2, -0.15) is 4.39 Å². The maximum absolute atomic E-state index is 12.9. The summed E-state index contributed by atoms with van der Waals surface area (Å²) < 4.78 is 12.9. The molecule has 2 fully saturated rings. The number of aromatic nitrogens is 2. The molecular weight excluding hydrogens is 259 g/mol. The molecule has 0 aromatic carbocycles. The molecule has 0 unspecified atom stereocenters. The number of halogens is 1. The Bertz CT molecular complexity index is 504. The third kappa shape index (κ3) is 3.00. The lowest BCUT2D eigenvalue weighted by Crippen LogP contribution is -2.48. The summed E-state index contributed by atoms with van der Waals surface area (Å²) in [7, 11) is 0. The highest BCUT2D eigenvalue weighted by Gasteiger charge is 2.23. The van der Waals surface area contributed by atoms with Crippen LogP contribution in [0.3, 0.4) is 0 Å². The highest BCUT2D eigenvalue weighted by Crippen LogP contribution is 2.25. The summed E-state index contributed by atoms with van der Waals surface area (Å²) in [4.78, 5) is 22.3. The van der Waals surface area contributed by atoms with E-state index in [1.165, 1.54) is 32.2 Å². The van der Waals surface area contributed by atoms with Crippen molar-refractivity contribution in [2.45, 2.75) is 25.7 Å². The van der Waals surface area contributed by atoms with Crippen LogP contribution in [0.15, 0.2) is 11.0 Å². The summed E-state index contributed by atoms with van der Waals surface area (Å²) in [6.07, 6.45) is 6.50. The zero-order valence-corrected chi connectivity index (χ0v) is 11.6. The monoisotopic (exact) mass is 280 g/mol. The number of H-pyrrole nitrogens is 1. The fourth-order valence-corrected chi connectivity index (χ4v) is 3.23. The first kappa shape index (κ1) is 13.5. The van der Waals surface area contributed by atoms with Crippen molar-refractivity contribution < 1.29 is 4.39 Å². The lowest BCUT2D eigenvalue weighted by atomic mass is 10.1. The van der Waals surface area contributed by atoms with Crippen molar-refractivity contribution in [1.29, 1.82) is 0 Å². The molecule has 1 N–H and O–H groups in total. The topological polar surface area (TPSA) is 52.2 Å². The third-order valence-corrected chi connectivity index (χ3v) is 4.41. The van der Waals surface area contributed by atoms with Gasteiger partial charge in [-0.05, 0) is 18.8 Å². The molecular formula is C14H21FN4O. The van der Waals surface area contributed by atoms with Crippen molar-refractivity contribution in [3.63, 3.8) is 0 Å². The Balaban J connectivity index is 1.54. The van der Waals surface area contributed by atoms with Gasteiger partial charge in [-0.3, -0.25) is 14.7 Å². The van der Waals surface area contributed by atoms with Gasteiger partial charge in [-0.25, -0.2) is 4.98 Å². The van der Waals surface area contributed by atoms with Crippen LogP contribution >= 0.6 is 0 Å². The van der Waals surface area contributed by atoms with Crippen LogP contribution in [-0.4, -0.2) is 47.6 Å². The van der Waals surface area contributed by atoms with Crippen LogP contribution in [0.2, 0.25) is 0 Å². The molecule has 5 nitrogen and oxygen atoms in total. The number of hydrogen-bond acceptors (Lipinski definition) is 4. The van der Waals surface area contributed by atoms with E-state index in [-0.39, 0.29) is 0 Å². The molecule has 3 rings (SSSR count). The normalized spacial score (nSPS) is 21.6. The first-order chi connectivity index (χ1) is 9.72. The number of aromatic amines is 1.